The molecule has 2 heterocycles. The molecule has 4 atom stereocenters. The molecule has 148 valence electrons. The molecular formula is C21H19ClF2O3S. The van der Waals surface area contributed by atoms with E-state index >= 15 is 4.39 Å². The highest BCUT2D eigenvalue weighted by atomic mass is 35.5. The van der Waals surface area contributed by atoms with Crippen molar-refractivity contribution in [2.24, 2.45) is 5.92 Å². The summed E-state index contributed by atoms with van der Waals surface area (Å²) in [6.45, 7) is 2.22. The van der Waals surface area contributed by atoms with Gasteiger partial charge >= 0.3 is 0 Å². The Morgan fingerprint density at radius 3 is 2.61 bits per heavy atom. The van der Waals surface area contributed by atoms with Gasteiger partial charge in [0.15, 0.2) is 11.6 Å². The van der Waals surface area contributed by atoms with Crippen molar-refractivity contribution < 1.29 is 22.5 Å². The van der Waals surface area contributed by atoms with Gasteiger partial charge < -0.3 is 9.47 Å². The van der Waals surface area contributed by atoms with Crippen molar-refractivity contribution in [2.45, 2.75) is 29.1 Å². The molecule has 0 spiro atoms. The lowest BCUT2D eigenvalue weighted by Gasteiger charge is -2.49. The quantitative estimate of drug-likeness (QED) is 0.651. The summed E-state index contributed by atoms with van der Waals surface area (Å²) in [5, 5.41) is 0.512. The zero-order valence-corrected chi connectivity index (χ0v) is 16.7. The van der Waals surface area contributed by atoms with E-state index in [1.54, 1.807) is 24.3 Å². The third kappa shape index (κ3) is 2.98. The highest BCUT2D eigenvalue weighted by molar-refractivity contribution is 7.86. The number of rotatable bonds is 3. The first-order valence-corrected chi connectivity index (χ1v) is 10.5. The van der Waals surface area contributed by atoms with E-state index in [0.717, 1.165) is 12.1 Å². The summed E-state index contributed by atoms with van der Waals surface area (Å²) in [6.07, 6.45) is 3.57. The van der Waals surface area contributed by atoms with Crippen LogP contribution in [0.25, 0.3) is 0 Å². The number of halogens is 3. The van der Waals surface area contributed by atoms with Crippen molar-refractivity contribution in [1.82, 2.24) is 0 Å². The van der Waals surface area contributed by atoms with Gasteiger partial charge in [0.1, 0.15) is 5.82 Å². The van der Waals surface area contributed by atoms with Gasteiger partial charge in [-0.15, -0.1) is 0 Å². The van der Waals surface area contributed by atoms with Crippen molar-refractivity contribution in [2.75, 3.05) is 13.2 Å². The molecule has 2 aromatic carbocycles. The monoisotopic (exact) mass is 424 g/mol. The van der Waals surface area contributed by atoms with Crippen LogP contribution in [0.5, 0.6) is 5.75 Å². The van der Waals surface area contributed by atoms with Crippen molar-refractivity contribution >= 4 is 22.4 Å². The van der Waals surface area contributed by atoms with Crippen LogP contribution in [-0.2, 0) is 20.3 Å². The van der Waals surface area contributed by atoms with E-state index in [2.05, 4.69) is 0 Å². The third-order valence-corrected chi connectivity index (χ3v) is 7.73. The maximum atomic E-state index is 15.1. The van der Waals surface area contributed by atoms with Crippen LogP contribution in [0.2, 0.25) is 5.02 Å². The summed E-state index contributed by atoms with van der Waals surface area (Å²) in [4.78, 5) is 0.507. The zero-order chi connectivity index (χ0) is 19.9. The van der Waals surface area contributed by atoms with Crippen molar-refractivity contribution in [3.05, 3.63) is 70.8 Å². The normalized spacial score (nSPS) is 27.7. The van der Waals surface area contributed by atoms with Gasteiger partial charge in [0, 0.05) is 22.4 Å². The minimum Gasteiger partial charge on any atom is -0.490 e. The van der Waals surface area contributed by atoms with E-state index in [4.69, 9.17) is 21.1 Å². The van der Waals surface area contributed by atoms with E-state index < -0.39 is 39.2 Å². The number of hydrogen-bond acceptors (Lipinski definition) is 3. The van der Waals surface area contributed by atoms with Gasteiger partial charge in [-0.25, -0.2) is 8.78 Å². The Kier molecular flexibility index (Phi) is 5.29. The zero-order valence-electron chi connectivity index (χ0n) is 15.2. The third-order valence-electron chi connectivity index (χ3n) is 5.41. The summed E-state index contributed by atoms with van der Waals surface area (Å²) in [5.74, 6) is -1.86. The van der Waals surface area contributed by atoms with Crippen molar-refractivity contribution in [3.63, 3.8) is 0 Å². The van der Waals surface area contributed by atoms with Gasteiger partial charge in [0.05, 0.1) is 33.8 Å². The Bertz CT molecular complexity index is 947. The number of benzene rings is 2. The molecule has 2 unspecified atom stereocenters. The Morgan fingerprint density at radius 1 is 1.18 bits per heavy atom. The Balaban J connectivity index is 1.96. The maximum absolute atomic E-state index is 15.1. The van der Waals surface area contributed by atoms with Crippen LogP contribution < -0.4 is 4.74 Å². The Labute approximate surface area is 169 Å². The van der Waals surface area contributed by atoms with E-state index in [0.29, 0.717) is 9.92 Å². The molecule has 0 N–H and O–H groups in total. The molecule has 0 radical (unpaired) electrons. The summed E-state index contributed by atoms with van der Waals surface area (Å²) in [5.41, 5.74) is 0.0369. The number of ether oxygens (including phenoxy) is 2. The molecule has 28 heavy (non-hydrogen) atoms. The van der Waals surface area contributed by atoms with Gasteiger partial charge in [-0.2, -0.15) is 0 Å². The standard InChI is InChI=1S/C21H19ClF2O3S/c1-2-3-18-15-12-27-20-17(24)9-8-16(23)19(20)21(15,10-11-26-18)28(25)14-6-4-13(22)5-7-14/h2-9,15,18H,10-12H2,1H3/b3-2+/t15?,18-,21-,28?/m0/s1. The largest absolute Gasteiger partial charge is 0.490 e. The summed E-state index contributed by atoms with van der Waals surface area (Å²) in [6, 6.07) is 8.72. The molecule has 2 aromatic rings. The molecule has 1 saturated heterocycles. The molecule has 3 nitrogen and oxygen atoms in total. The van der Waals surface area contributed by atoms with Gasteiger partial charge in [-0.3, -0.25) is 4.21 Å². The second-order valence-electron chi connectivity index (χ2n) is 6.87. The first kappa shape index (κ1) is 19.6. The minimum absolute atomic E-state index is 0.0369. The lowest BCUT2D eigenvalue weighted by molar-refractivity contribution is -0.0467. The second kappa shape index (κ2) is 7.58. The van der Waals surface area contributed by atoms with Crippen LogP contribution in [0.3, 0.4) is 0 Å². The van der Waals surface area contributed by atoms with Gasteiger partial charge in [0.2, 0.25) is 0 Å². The smallest absolute Gasteiger partial charge is 0.165 e. The average molecular weight is 425 g/mol. The van der Waals surface area contributed by atoms with E-state index in [1.807, 2.05) is 19.1 Å². The minimum atomic E-state index is -1.68. The van der Waals surface area contributed by atoms with Gasteiger partial charge in [-0.1, -0.05) is 23.8 Å². The first-order valence-electron chi connectivity index (χ1n) is 9.02. The fourth-order valence-electron chi connectivity index (χ4n) is 4.17. The molecule has 2 aliphatic heterocycles. The van der Waals surface area contributed by atoms with Crippen molar-refractivity contribution in [3.8, 4) is 5.75 Å². The van der Waals surface area contributed by atoms with E-state index in [-0.39, 0.29) is 30.9 Å². The van der Waals surface area contributed by atoms with Gasteiger partial charge in [0.25, 0.3) is 0 Å². The molecule has 2 aliphatic rings. The maximum Gasteiger partial charge on any atom is 0.165 e. The van der Waals surface area contributed by atoms with E-state index in [9.17, 15) is 8.60 Å². The first-order chi connectivity index (χ1) is 13.5. The Morgan fingerprint density at radius 2 is 1.89 bits per heavy atom. The molecule has 7 heteroatoms. The molecular weight excluding hydrogens is 406 g/mol. The second-order valence-corrected chi connectivity index (χ2v) is 9.05. The predicted molar refractivity (Wildman–Crippen MR) is 104 cm³/mol. The van der Waals surface area contributed by atoms with Crippen LogP contribution in [0.15, 0.2) is 53.4 Å². The summed E-state index contributed by atoms with van der Waals surface area (Å²) < 4.78 is 53.8. The molecule has 0 aliphatic carbocycles. The average Bonchev–Trinajstić information content (AvgIpc) is 2.70. The molecule has 4 rings (SSSR count). The lowest BCUT2D eigenvalue weighted by atomic mass is 9.75. The van der Waals surface area contributed by atoms with Crippen LogP contribution in [0.4, 0.5) is 8.78 Å². The SMILES string of the molecule is C/C=C/[C@@H]1OCC[C@@]2(S(=O)c3ccc(Cl)cc3)c3c(F)ccc(F)c3OCC12. The van der Waals surface area contributed by atoms with Crippen LogP contribution >= 0.6 is 11.6 Å². The molecule has 0 bridgehead atoms. The highest BCUT2D eigenvalue weighted by Crippen LogP contribution is 2.54. The summed E-state index contributed by atoms with van der Waals surface area (Å²) >= 11 is 5.97. The fraction of sp³-hybridized carbons (Fsp3) is 0.333. The van der Waals surface area contributed by atoms with Crippen LogP contribution in [0.1, 0.15) is 18.9 Å². The molecule has 0 aromatic heterocycles. The van der Waals surface area contributed by atoms with Crippen molar-refractivity contribution in [1.29, 1.82) is 0 Å². The number of fused-ring (bicyclic) bond motifs is 3. The summed E-state index contributed by atoms with van der Waals surface area (Å²) in [7, 11) is -1.68. The number of hydrogen-bond donors (Lipinski definition) is 0. The topological polar surface area (TPSA) is 35.5 Å². The van der Waals surface area contributed by atoms with Gasteiger partial charge in [-0.05, 0) is 49.7 Å². The highest BCUT2D eigenvalue weighted by Gasteiger charge is 2.57. The Hall–Kier alpha value is -1.76. The molecule has 0 saturated carbocycles. The lowest BCUT2D eigenvalue weighted by Crippen LogP contribution is -2.55. The van der Waals surface area contributed by atoms with Crippen LogP contribution in [0, 0.1) is 17.6 Å². The van der Waals surface area contributed by atoms with Crippen LogP contribution in [-0.4, -0.2) is 23.5 Å². The fourth-order valence-corrected chi connectivity index (χ4v) is 6.22. The molecule has 0 amide bonds. The molecule has 1 fully saturated rings. The number of allylic oxidation sites excluding steroid dienone is 1. The van der Waals surface area contributed by atoms with E-state index in [1.165, 1.54) is 0 Å². The predicted octanol–water partition coefficient (Wildman–Crippen LogP) is 4.99.